The van der Waals surface area contributed by atoms with Crippen molar-refractivity contribution in [3.63, 3.8) is 0 Å². The Morgan fingerprint density at radius 3 is 2.15 bits per heavy atom. The number of hydrogen-bond donors (Lipinski definition) is 0. The molecule has 0 aromatic heterocycles. The second-order valence-corrected chi connectivity index (χ2v) is 7.96. The maximum absolute atomic E-state index is 2.52. The van der Waals surface area contributed by atoms with Crippen molar-refractivity contribution in [1.82, 2.24) is 0 Å². The van der Waals surface area contributed by atoms with Gasteiger partial charge in [-0.25, -0.2) is 0 Å². The molecule has 1 aliphatic rings. The average molecular weight is 272 g/mol. The van der Waals surface area contributed by atoms with Crippen molar-refractivity contribution in [2.75, 3.05) is 0 Å². The molecule has 0 saturated heterocycles. The van der Waals surface area contributed by atoms with Gasteiger partial charge in [0.15, 0.2) is 0 Å². The highest BCUT2D eigenvalue weighted by molar-refractivity contribution is 5.43. The maximum atomic E-state index is 2.52. The lowest BCUT2D eigenvalue weighted by atomic mass is 9.63. The molecular formula is C20H32. The van der Waals surface area contributed by atoms with Gasteiger partial charge < -0.3 is 0 Å². The van der Waals surface area contributed by atoms with Gasteiger partial charge in [-0.05, 0) is 53.2 Å². The molecule has 0 nitrogen and oxygen atoms in total. The van der Waals surface area contributed by atoms with E-state index < -0.39 is 0 Å². The first-order chi connectivity index (χ1) is 9.37. The van der Waals surface area contributed by atoms with Crippen LogP contribution >= 0.6 is 0 Å². The van der Waals surface area contributed by atoms with Crippen LogP contribution in [0.4, 0.5) is 0 Å². The molecule has 0 aliphatic heterocycles. The van der Waals surface area contributed by atoms with Gasteiger partial charge in [0.05, 0.1) is 0 Å². The predicted octanol–water partition coefficient (Wildman–Crippen LogP) is 6.16. The summed E-state index contributed by atoms with van der Waals surface area (Å²) in [5.41, 5.74) is 5.45. The van der Waals surface area contributed by atoms with Crippen molar-refractivity contribution in [2.45, 2.75) is 90.4 Å². The zero-order valence-electron chi connectivity index (χ0n) is 14.2. The first-order valence-electron chi connectivity index (χ1n) is 8.51. The number of rotatable bonds is 5. The van der Waals surface area contributed by atoms with Gasteiger partial charge in [-0.2, -0.15) is 0 Å². The molecule has 0 heterocycles. The van der Waals surface area contributed by atoms with Gasteiger partial charge in [0.2, 0.25) is 0 Å². The van der Waals surface area contributed by atoms with Gasteiger partial charge in [0.1, 0.15) is 0 Å². The van der Waals surface area contributed by atoms with E-state index in [9.17, 15) is 0 Å². The summed E-state index contributed by atoms with van der Waals surface area (Å²) >= 11 is 0. The van der Waals surface area contributed by atoms with E-state index in [-0.39, 0.29) is 0 Å². The molecule has 112 valence electrons. The molecule has 0 spiro atoms. The minimum atomic E-state index is 0.351. The Balaban J connectivity index is 2.20. The summed E-state index contributed by atoms with van der Waals surface area (Å²) in [6.45, 7) is 11.9. The number of aryl methyl sites for hydroxylation is 1. The molecule has 0 fully saturated rings. The Morgan fingerprint density at radius 2 is 1.50 bits per heavy atom. The Bertz CT molecular complexity index is 451. The third-order valence-electron chi connectivity index (χ3n) is 5.24. The number of benzene rings is 1. The van der Waals surface area contributed by atoms with Gasteiger partial charge in [0, 0.05) is 0 Å². The molecule has 0 bridgehead atoms. The monoisotopic (exact) mass is 272 g/mol. The van der Waals surface area contributed by atoms with Crippen molar-refractivity contribution in [3.8, 4) is 0 Å². The Kier molecular flexibility index (Phi) is 4.62. The van der Waals surface area contributed by atoms with Crippen molar-refractivity contribution in [3.05, 3.63) is 34.9 Å². The topological polar surface area (TPSA) is 0 Å². The van der Waals surface area contributed by atoms with Crippen LogP contribution in [0.5, 0.6) is 0 Å². The summed E-state index contributed by atoms with van der Waals surface area (Å²) in [4.78, 5) is 0. The van der Waals surface area contributed by atoms with Crippen LogP contribution in [0, 0.1) is 0 Å². The van der Waals surface area contributed by atoms with E-state index in [4.69, 9.17) is 0 Å². The molecule has 1 aromatic carbocycles. The van der Waals surface area contributed by atoms with Crippen LogP contribution in [-0.2, 0) is 17.3 Å². The standard InChI is InChI=1S/C20H32/c1-6-7-8-9-10-16-11-12-17-18(15-16)20(4,5)14-13-19(17,2)3/h11-12,15H,6-10,13-14H2,1-5H3. The summed E-state index contributed by atoms with van der Waals surface area (Å²) in [6, 6.07) is 7.32. The molecule has 0 radical (unpaired) electrons. The molecule has 1 aliphatic carbocycles. The van der Waals surface area contributed by atoms with Crippen molar-refractivity contribution < 1.29 is 0 Å². The normalized spacial score (nSPS) is 19.6. The fourth-order valence-electron chi connectivity index (χ4n) is 3.55. The molecule has 20 heavy (non-hydrogen) atoms. The van der Waals surface area contributed by atoms with E-state index in [1.807, 2.05) is 0 Å². The molecule has 0 unspecified atom stereocenters. The molecule has 1 aromatic rings. The molecule has 0 amide bonds. The molecular weight excluding hydrogens is 240 g/mol. The van der Waals surface area contributed by atoms with Crippen molar-refractivity contribution in [1.29, 1.82) is 0 Å². The minimum Gasteiger partial charge on any atom is -0.0654 e. The van der Waals surface area contributed by atoms with Crippen LogP contribution in [0.25, 0.3) is 0 Å². The van der Waals surface area contributed by atoms with Gasteiger partial charge >= 0.3 is 0 Å². The van der Waals surface area contributed by atoms with Crippen molar-refractivity contribution >= 4 is 0 Å². The first kappa shape index (κ1) is 15.6. The number of hydrogen-bond acceptors (Lipinski definition) is 0. The van der Waals surface area contributed by atoms with Gasteiger partial charge in [-0.1, -0.05) is 72.1 Å². The lowest BCUT2D eigenvalue weighted by Gasteiger charge is -2.42. The molecule has 0 N–H and O–H groups in total. The fourth-order valence-corrected chi connectivity index (χ4v) is 3.55. The predicted molar refractivity (Wildman–Crippen MR) is 89.6 cm³/mol. The smallest absolute Gasteiger partial charge is 0.0100 e. The van der Waals surface area contributed by atoms with Crippen LogP contribution in [0.3, 0.4) is 0 Å². The number of fused-ring (bicyclic) bond motifs is 1. The summed E-state index contributed by atoms with van der Waals surface area (Å²) in [6.07, 6.45) is 9.30. The lowest BCUT2D eigenvalue weighted by molar-refractivity contribution is 0.331. The van der Waals surface area contributed by atoms with E-state index in [0.717, 1.165) is 0 Å². The van der Waals surface area contributed by atoms with Crippen LogP contribution in [-0.4, -0.2) is 0 Å². The first-order valence-corrected chi connectivity index (χ1v) is 8.51. The van der Waals surface area contributed by atoms with E-state index in [1.165, 1.54) is 44.9 Å². The van der Waals surface area contributed by atoms with Gasteiger partial charge in [-0.15, -0.1) is 0 Å². The molecule has 2 rings (SSSR count). The van der Waals surface area contributed by atoms with E-state index >= 15 is 0 Å². The van der Waals surface area contributed by atoms with Crippen molar-refractivity contribution in [2.24, 2.45) is 0 Å². The van der Waals surface area contributed by atoms with Crippen LogP contribution in [0.15, 0.2) is 18.2 Å². The number of unbranched alkanes of at least 4 members (excludes halogenated alkanes) is 3. The van der Waals surface area contributed by atoms with E-state index in [2.05, 4.69) is 52.8 Å². The average Bonchev–Trinajstić information content (AvgIpc) is 2.40. The SMILES string of the molecule is CCCCCCc1ccc2c(c1)C(C)(C)CCC2(C)C. The quantitative estimate of drug-likeness (QED) is 0.563. The third-order valence-corrected chi connectivity index (χ3v) is 5.24. The lowest BCUT2D eigenvalue weighted by Crippen LogP contribution is -2.33. The third kappa shape index (κ3) is 3.27. The van der Waals surface area contributed by atoms with E-state index in [1.54, 1.807) is 16.7 Å². The zero-order valence-corrected chi connectivity index (χ0v) is 14.2. The second-order valence-electron chi connectivity index (χ2n) is 7.96. The summed E-state index contributed by atoms with van der Waals surface area (Å²) in [5, 5.41) is 0. The van der Waals surface area contributed by atoms with Crippen LogP contribution in [0.2, 0.25) is 0 Å². The molecule has 0 saturated carbocycles. The summed E-state index contributed by atoms with van der Waals surface area (Å²) in [5.74, 6) is 0. The Morgan fingerprint density at radius 1 is 0.850 bits per heavy atom. The van der Waals surface area contributed by atoms with Gasteiger partial charge in [0.25, 0.3) is 0 Å². The highest BCUT2D eigenvalue weighted by Crippen LogP contribution is 2.45. The maximum Gasteiger partial charge on any atom is -0.0100 e. The minimum absolute atomic E-state index is 0.351. The Labute approximate surface area is 126 Å². The van der Waals surface area contributed by atoms with Gasteiger partial charge in [-0.3, -0.25) is 0 Å². The molecule has 0 heteroatoms. The highest BCUT2D eigenvalue weighted by Gasteiger charge is 2.36. The Hall–Kier alpha value is -0.780. The van der Waals surface area contributed by atoms with E-state index in [0.29, 0.717) is 10.8 Å². The van der Waals surface area contributed by atoms with Crippen LogP contribution in [0.1, 0.15) is 89.8 Å². The zero-order chi connectivity index (χ0) is 14.8. The largest absolute Gasteiger partial charge is 0.0654 e. The summed E-state index contributed by atoms with van der Waals surface area (Å²) in [7, 11) is 0. The van der Waals surface area contributed by atoms with Crippen LogP contribution < -0.4 is 0 Å². The fraction of sp³-hybridized carbons (Fsp3) is 0.700. The highest BCUT2D eigenvalue weighted by atomic mass is 14.4. The molecule has 0 atom stereocenters. The second kappa shape index (κ2) is 5.92. The summed E-state index contributed by atoms with van der Waals surface area (Å²) < 4.78 is 0.